The number of sulfone groups is 1. The Balaban J connectivity index is 0.960. The van der Waals surface area contributed by atoms with Crippen LogP contribution in [0, 0.1) is 11.7 Å². The van der Waals surface area contributed by atoms with Crippen molar-refractivity contribution in [1.29, 1.82) is 0 Å². The number of carbonyl (C=O) groups excluding carboxylic acids is 4. The molecule has 0 aromatic heterocycles. The molecule has 0 radical (unpaired) electrons. The summed E-state index contributed by atoms with van der Waals surface area (Å²) in [5, 5.41) is 12.6. The minimum atomic E-state index is -3.63. The zero-order valence-electron chi connectivity index (χ0n) is 26.5. The van der Waals surface area contributed by atoms with Crippen molar-refractivity contribution in [3.8, 4) is 0 Å². The van der Waals surface area contributed by atoms with Gasteiger partial charge in [0.1, 0.15) is 24.1 Å². The number of hydrogen-bond acceptors (Lipinski definition) is 10. The molecule has 4 heterocycles. The van der Waals surface area contributed by atoms with E-state index in [1.165, 1.54) is 12.1 Å². The molecule has 3 saturated heterocycles. The number of imide groups is 2. The van der Waals surface area contributed by atoms with E-state index in [4.69, 9.17) is 0 Å². The number of nitrogens with zero attached hydrogens (tertiary/aromatic N) is 4. The van der Waals surface area contributed by atoms with Crippen LogP contribution in [-0.2, 0) is 25.8 Å². The van der Waals surface area contributed by atoms with Crippen LogP contribution in [0.4, 0.5) is 20.2 Å². The van der Waals surface area contributed by atoms with E-state index < -0.39 is 57.6 Å². The van der Waals surface area contributed by atoms with Crippen molar-refractivity contribution in [1.82, 2.24) is 15.1 Å². The summed E-state index contributed by atoms with van der Waals surface area (Å²) < 4.78 is 54.5. The van der Waals surface area contributed by atoms with Crippen molar-refractivity contribution in [2.75, 3.05) is 61.9 Å². The summed E-state index contributed by atoms with van der Waals surface area (Å²) in [5.41, 5.74) is 1.71. The highest BCUT2D eigenvalue weighted by Crippen LogP contribution is 2.43. The van der Waals surface area contributed by atoms with Crippen molar-refractivity contribution >= 4 is 44.8 Å². The Morgan fingerprint density at radius 1 is 0.896 bits per heavy atom. The lowest BCUT2D eigenvalue weighted by atomic mass is 9.94. The molecule has 0 saturated carbocycles. The molecular weight excluding hydrogens is 648 g/mol. The molecule has 0 spiro atoms. The van der Waals surface area contributed by atoms with Crippen molar-refractivity contribution in [2.45, 2.75) is 55.3 Å². The highest BCUT2D eigenvalue weighted by atomic mass is 32.2. The number of anilines is 2. The van der Waals surface area contributed by atoms with Crippen LogP contribution in [0.2, 0.25) is 0 Å². The fraction of sp³-hybridized carbons (Fsp3) is 0.515. The Labute approximate surface area is 276 Å². The third kappa shape index (κ3) is 5.64. The van der Waals surface area contributed by atoms with Crippen molar-refractivity contribution in [3.05, 3.63) is 52.3 Å². The molecule has 12 nitrogen and oxygen atoms in total. The molecule has 3 fully saturated rings. The van der Waals surface area contributed by atoms with E-state index in [-0.39, 0.29) is 46.5 Å². The molecule has 7 rings (SSSR count). The largest absolute Gasteiger partial charge is 0.385 e. The number of benzene rings is 2. The third-order valence-corrected chi connectivity index (χ3v) is 11.6. The Morgan fingerprint density at radius 2 is 1.54 bits per heavy atom. The zero-order chi connectivity index (χ0) is 34.1. The monoisotopic (exact) mass is 685 g/mol. The Morgan fingerprint density at radius 3 is 2.19 bits per heavy atom. The zero-order valence-corrected chi connectivity index (χ0v) is 27.3. The van der Waals surface area contributed by atoms with E-state index >= 15 is 4.39 Å². The minimum absolute atomic E-state index is 0.00152. The van der Waals surface area contributed by atoms with Gasteiger partial charge in [-0.3, -0.25) is 34.3 Å². The Kier molecular flexibility index (Phi) is 8.27. The topological polar surface area (TPSA) is 148 Å². The molecule has 1 aliphatic carbocycles. The van der Waals surface area contributed by atoms with Gasteiger partial charge in [-0.05, 0) is 55.0 Å². The van der Waals surface area contributed by atoms with Crippen molar-refractivity contribution in [3.63, 3.8) is 0 Å². The number of fused-ring (bicyclic) bond motifs is 2. The van der Waals surface area contributed by atoms with Crippen LogP contribution in [0.5, 0.6) is 0 Å². The van der Waals surface area contributed by atoms with Crippen LogP contribution in [-0.4, -0.2) is 111 Å². The lowest BCUT2D eigenvalue weighted by Crippen LogP contribution is -2.54. The lowest BCUT2D eigenvalue weighted by molar-refractivity contribution is -0.136. The molecule has 256 valence electrons. The molecule has 2 N–H and O–H groups in total. The summed E-state index contributed by atoms with van der Waals surface area (Å²) in [6, 6.07) is 4.55. The highest BCUT2D eigenvalue weighted by Gasteiger charge is 2.45. The first kappa shape index (κ1) is 32.6. The lowest BCUT2D eigenvalue weighted by Gasteiger charge is -2.40. The van der Waals surface area contributed by atoms with Crippen LogP contribution in [0.25, 0.3) is 0 Å². The predicted octanol–water partition coefficient (Wildman–Crippen LogP) is 1.60. The molecule has 2 aromatic rings. The van der Waals surface area contributed by atoms with Gasteiger partial charge in [0, 0.05) is 76.2 Å². The number of alkyl halides is 1. The first-order chi connectivity index (χ1) is 22.8. The quantitative estimate of drug-likeness (QED) is 0.430. The van der Waals surface area contributed by atoms with Gasteiger partial charge >= 0.3 is 0 Å². The van der Waals surface area contributed by atoms with Gasteiger partial charge < -0.3 is 14.9 Å². The molecule has 2 unspecified atom stereocenters. The van der Waals surface area contributed by atoms with Crippen LogP contribution in [0.15, 0.2) is 29.2 Å². The minimum Gasteiger partial charge on any atom is -0.385 e. The second-order valence-corrected chi connectivity index (χ2v) is 15.4. The highest BCUT2D eigenvalue weighted by molar-refractivity contribution is 7.90. The Bertz CT molecular complexity index is 1820. The first-order valence-electron chi connectivity index (χ1n) is 16.3. The molecule has 4 aliphatic heterocycles. The fourth-order valence-corrected chi connectivity index (χ4v) is 8.85. The summed E-state index contributed by atoms with van der Waals surface area (Å²) in [5.74, 6) is -2.83. The number of halogens is 2. The number of carbonyl (C=O) groups is 4. The molecule has 4 amide bonds. The smallest absolute Gasteiger partial charge is 0.262 e. The van der Waals surface area contributed by atoms with Crippen LogP contribution < -0.4 is 15.1 Å². The predicted molar refractivity (Wildman–Crippen MR) is 170 cm³/mol. The molecule has 3 atom stereocenters. The van der Waals surface area contributed by atoms with E-state index in [1.807, 2.05) is 4.90 Å². The number of rotatable bonds is 6. The van der Waals surface area contributed by atoms with Gasteiger partial charge in [0.25, 0.3) is 11.8 Å². The van der Waals surface area contributed by atoms with Crippen molar-refractivity contribution < 1.29 is 41.5 Å². The summed E-state index contributed by atoms with van der Waals surface area (Å²) in [4.78, 5) is 57.3. The van der Waals surface area contributed by atoms with Gasteiger partial charge in [-0.15, -0.1) is 0 Å². The summed E-state index contributed by atoms with van der Waals surface area (Å²) >= 11 is 0. The molecular formula is C33H37F2N5O7S. The molecule has 0 bridgehead atoms. The summed E-state index contributed by atoms with van der Waals surface area (Å²) in [6.45, 7) is 4.64. The normalized spacial score (nSPS) is 25.5. The number of aliphatic hydroxyl groups is 1. The SMILES string of the molecule is CS(=O)(=O)c1ccc(N2CCC(CN3CCN(c4cc5c(cc4F)C(=O)N(C4CCC(=O)NC4=O)C5=O)CC3)CC2)c2c1[C@H](O)C(F)C2. The summed E-state index contributed by atoms with van der Waals surface area (Å²) in [6.07, 6.45) is -0.172. The second kappa shape index (κ2) is 12.2. The van der Waals surface area contributed by atoms with Gasteiger partial charge in [0.05, 0.1) is 21.7 Å². The average Bonchev–Trinajstić information content (AvgIpc) is 3.47. The number of piperazine rings is 1. The van der Waals surface area contributed by atoms with Gasteiger partial charge in [-0.25, -0.2) is 17.2 Å². The van der Waals surface area contributed by atoms with E-state index in [9.17, 15) is 37.1 Å². The number of nitrogens with one attached hydrogen (secondary N) is 1. The maximum Gasteiger partial charge on any atom is 0.262 e. The average molecular weight is 686 g/mol. The van der Waals surface area contributed by atoms with Crippen LogP contribution >= 0.6 is 0 Å². The van der Waals surface area contributed by atoms with Gasteiger partial charge in [-0.1, -0.05) is 0 Å². The fourth-order valence-electron chi connectivity index (χ4n) is 7.89. The van der Waals surface area contributed by atoms with Gasteiger partial charge in [0.15, 0.2) is 9.84 Å². The number of piperidine rings is 2. The van der Waals surface area contributed by atoms with E-state index in [0.29, 0.717) is 50.7 Å². The molecule has 15 heteroatoms. The maximum atomic E-state index is 15.3. The van der Waals surface area contributed by atoms with Crippen LogP contribution in [0.1, 0.15) is 63.6 Å². The van der Waals surface area contributed by atoms with E-state index in [0.717, 1.165) is 42.3 Å². The molecule has 5 aliphatic rings. The van der Waals surface area contributed by atoms with Crippen LogP contribution in [0.3, 0.4) is 0 Å². The van der Waals surface area contributed by atoms with E-state index in [2.05, 4.69) is 15.1 Å². The maximum absolute atomic E-state index is 15.3. The molecule has 2 aromatic carbocycles. The van der Waals surface area contributed by atoms with Gasteiger partial charge in [0.2, 0.25) is 11.8 Å². The van der Waals surface area contributed by atoms with E-state index in [1.54, 1.807) is 6.07 Å². The molecule has 48 heavy (non-hydrogen) atoms. The second-order valence-electron chi connectivity index (χ2n) is 13.4. The number of amides is 4. The van der Waals surface area contributed by atoms with Crippen molar-refractivity contribution in [2.24, 2.45) is 5.92 Å². The number of aliphatic hydroxyl groups excluding tert-OH is 1. The standard InChI is InChI=1S/C33H37F2N5O7S/c1-48(46,47)27-4-2-24(21-15-23(35)30(42)29(21)27)38-8-6-18(7-9-38)17-37-10-12-39(13-11-37)26-16-20-19(14-22(26)34)32(44)40(33(20)45)25-3-5-28(41)36-31(25)43/h2,4,14,16,18,23,25,30,42H,3,5-13,15,17H2,1H3,(H,36,41,43)/t23?,25?,30-/m1/s1. The summed E-state index contributed by atoms with van der Waals surface area (Å²) in [7, 11) is -3.63. The number of hydrogen-bond donors (Lipinski definition) is 2. The van der Waals surface area contributed by atoms with Gasteiger partial charge in [-0.2, -0.15) is 0 Å². The third-order valence-electron chi connectivity index (χ3n) is 10.4. The Hall–Kier alpha value is -3.95. The first-order valence-corrected chi connectivity index (χ1v) is 18.2.